The van der Waals surface area contributed by atoms with Crippen molar-refractivity contribution < 1.29 is 4.79 Å². The second-order valence-electron chi connectivity index (χ2n) is 4.36. The van der Waals surface area contributed by atoms with Crippen molar-refractivity contribution in [3.8, 4) is 0 Å². The van der Waals surface area contributed by atoms with E-state index in [-0.39, 0.29) is 5.91 Å². The zero-order valence-electron chi connectivity index (χ0n) is 10.2. The number of carbonyl (C=O) groups excluding carboxylic acids is 1. The summed E-state index contributed by atoms with van der Waals surface area (Å²) in [5.41, 5.74) is 2.16. The minimum atomic E-state index is 0.0162. The van der Waals surface area contributed by atoms with Crippen LogP contribution in [0, 0.1) is 0 Å². The third kappa shape index (κ3) is 3.86. The molecule has 0 fully saturated rings. The van der Waals surface area contributed by atoms with E-state index in [1.165, 1.54) is 5.57 Å². The summed E-state index contributed by atoms with van der Waals surface area (Å²) >= 11 is 6.02. The Morgan fingerprint density at radius 3 is 2.94 bits per heavy atom. The van der Waals surface area contributed by atoms with Crippen molar-refractivity contribution >= 4 is 17.5 Å². The molecule has 0 spiro atoms. The van der Waals surface area contributed by atoms with Gasteiger partial charge in [-0.3, -0.25) is 4.79 Å². The monoisotopic (exact) mass is 264 g/mol. The molecule has 1 amide bonds. The second kappa shape index (κ2) is 6.57. The zero-order chi connectivity index (χ0) is 12.8. The Balaban J connectivity index is 1.82. The Kier molecular flexibility index (Phi) is 4.79. The van der Waals surface area contributed by atoms with Gasteiger partial charge < -0.3 is 10.6 Å². The van der Waals surface area contributed by atoms with Crippen LogP contribution in [0.5, 0.6) is 0 Å². The van der Waals surface area contributed by atoms with Crippen LogP contribution in [0.3, 0.4) is 0 Å². The zero-order valence-corrected chi connectivity index (χ0v) is 11.0. The molecule has 1 aromatic carbocycles. The Morgan fingerprint density at radius 1 is 1.39 bits per heavy atom. The molecule has 4 heteroatoms. The maximum Gasteiger partial charge on any atom is 0.224 e. The first-order valence-electron chi connectivity index (χ1n) is 6.14. The molecule has 96 valence electrons. The topological polar surface area (TPSA) is 41.1 Å². The number of rotatable bonds is 4. The fourth-order valence-corrected chi connectivity index (χ4v) is 2.12. The van der Waals surface area contributed by atoms with Crippen LogP contribution in [-0.2, 0) is 11.2 Å². The molecule has 0 saturated carbocycles. The molecule has 1 aliphatic rings. The molecule has 0 aliphatic carbocycles. The molecule has 3 nitrogen and oxygen atoms in total. The first-order chi connectivity index (χ1) is 8.75. The smallest absolute Gasteiger partial charge is 0.224 e. The highest BCUT2D eigenvalue weighted by atomic mass is 35.5. The summed E-state index contributed by atoms with van der Waals surface area (Å²) in [5, 5.41) is 6.82. The number of hydrogen-bond acceptors (Lipinski definition) is 2. The van der Waals surface area contributed by atoms with Crippen molar-refractivity contribution in [1.82, 2.24) is 10.6 Å². The molecule has 0 bridgehead atoms. The van der Waals surface area contributed by atoms with Crippen molar-refractivity contribution in [1.29, 1.82) is 0 Å². The van der Waals surface area contributed by atoms with Crippen molar-refractivity contribution in [3.63, 3.8) is 0 Å². The lowest BCUT2D eigenvalue weighted by atomic mass is 10.1. The molecule has 18 heavy (non-hydrogen) atoms. The summed E-state index contributed by atoms with van der Waals surface area (Å²) in [6, 6.07) is 7.44. The lowest BCUT2D eigenvalue weighted by molar-refractivity contribution is -0.120. The summed E-state index contributed by atoms with van der Waals surface area (Å²) in [6.07, 6.45) is 3.48. The normalized spacial score (nSPS) is 15.1. The molecule has 0 radical (unpaired) electrons. The number of carbonyl (C=O) groups is 1. The van der Waals surface area contributed by atoms with Gasteiger partial charge in [0, 0.05) is 18.1 Å². The summed E-state index contributed by atoms with van der Waals surface area (Å²) in [4.78, 5) is 11.8. The van der Waals surface area contributed by atoms with E-state index >= 15 is 0 Å². The predicted molar refractivity (Wildman–Crippen MR) is 73.7 cm³/mol. The third-order valence-electron chi connectivity index (χ3n) is 2.98. The van der Waals surface area contributed by atoms with Crippen LogP contribution in [0.1, 0.15) is 12.0 Å². The van der Waals surface area contributed by atoms with E-state index in [0.717, 1.165) is 25.1 Å². The van der Waals surface area contributed by atoms with E-state index in [0.29, 0.717) is 18.0 Å². The molecule has 0 atom stereocenters. The summed E-state index contributed by atoms with van der Waals surface area (Å²) < 4.78 is 0. The van der Waals surface area contributed by atoms with Gasteiger partial charge in [0.2, 0.25) is 5.91 Å². The molecule has 0 saturated heterocycles. The Morgan fingerprint density at radius 2 is 2.22 bits per heavy atom. The molecular formula is C14H17ClN2O. The maximum atomic E-state index is 11.8. The van der Waals surface area contributed by atoms with Gasteiger partial charge in [-0.15, -0.1) is 0 Å². The summed E-state index contributed by atoms with van der Waals surface area (Å²) in [5.74, 6) is 0.0162. The van der Waals surface area contributed by atoms with Crippen LogP contribution in [0.25, 0.3) is 0 Å². The van der Waals surface area contributed by atoms with Gasteiger partial charge in [0.25, 0.3) is 0 Å². The molecule has 0 aromatic heterocycles. The highest BCUT2D eigenvalue weighted by molar-refractivity contribution is 6.31. The summed E-state index contributed by atoms with van der Waals surface area (Å²) in [7, 11) is 0. The largest absolute Gasteiger partial charge is 0.352 e. The lowest BCUT2D eigenvalue weighted by Crippen LogP contribution is -2.30. The van der Waals surface area contributed by atoms with Gasteiger partial charge >= 0.3 is 0 Å². The Bertz CT molecular complexity index is 457. The van der Waals surface area contributed by atoms with Crippen LogP contribution in [-0.4, -0.2) is 25.5 Å². The van der Waals surface area contributed by atoms with Gasteiger partial charge in [0.1, 0.15) is 0 Å². The van der Waals surface area contributed by atoms with Crippen molar-refractivity contribution in [3.05, 3.63) is 46.5 Å². The number of amides is 1. The SMILES string of the molecule is O=C(Cc1ccccc1Cl)NCC1=CCNCC1. The quantitative estimate of drug-likeness (QED) is 0.816. The van der Waals surface area contributed by atoms with Gasteiger partial charge in [0.15, 0.2) is 0 Å². The fraction of sp³-hybridized carbons (Fsp3) is 0.357. The lowest BCUT2D eigenvalue weighted by Gasteiger charge is -2.14. The van der Waals surface area contributed by atoms with Gasteiger partial charge in [-0.05, 0) is 24.6 Å². The van der Waals surface area contributed by atoms with E-state index in [1.54, 1.807) is 6.07 Å². The first-order valence-corrected chi connectivity index (χ1v) is 6.52. The maximum absolute atomic E-state index is 11.8. The van der Waals surface area contributed by atoms with Gasteiger partial charge in [-0.1, -0.05) is 41.4 Å². The number of benzene rings is 1. The molecule has 0 unspecified atom stereocenters. The van der Waals surface area contributed by atoms with E-state index in [1.807, 2.05) is 18.2 Å². The highest BCUT2D eigenvalue weighted by Crippen LogP contribution is 2.15. The molecule has 1 aromatic rings. The van der Waals surface area contributed by atoms with Crippen LogP contribution in [0.2, 0.25) is 5.02 Å². The van der Waals surface area contributed by atoms with E-state index in [9.17, 15) is 4.79 Å². The van der Waals surface area contributed by atoms with Crippen molar-refractivity contribution in [2.45, 2.75) is 12.8 Å². The number of nitrogens with one attached hydrogen (secondary N) is 2. The van der Waals surface area contributed by atoms with Gasteiger partial charge in [-0.2, -0.15) is 0 Å². The van der Waals surface area contributed by atoms with Crippen LogP contribution < -0.4 is 10.6 Å². The van der Waals surface area contributed by atoms with Crippen LogP contribution in [0.15, 0.2) is 35.9 Å². The number of hydrogen-bond donors (Lipinski definition) is 2. The standard InChI is InChI=1S/C14H17ClN2O/c15-13-4-2-1-3-12(13)9-14(18)17-10-11-5-7-16-8-6-11/h1-5,16H,6-10H2,(H,17,18). The summed E-state index contributed by atoms with van der Waals surface area (Å²) in [6.45, 7) is 2.53. The molecule has 1 aliphatic heterocycles. The van der Waals surface area contributed by atoms with E-state index < -0.39 is 0 Å². The minimum Gasteiger partial charge on any atom is -0.352 e. The Hall–Kier alpha value is -1.32. The molecule has 1 heterocycles. The fourth-order valence-electron chi connectivity index (χ4n) is 1.92. The minimum absolute atomic E-state index is 0.0162. The number of halogens is 1. The van der Waals surface area contributed by atoms with Crippen LogP contribution in [0.4, 0.5) is 0 Å². The average Bonchev–Trinajstić information content (AvgIpc) is 2.40. The van der Waals surface area contributed by atoms with E-state index in [2.05, 4.69) is 16.7 Å². The van der Waals surface area contributed by atoms with Gasteiger partial charge in [-0.25, -0.2) is 0 Å². The molecule has 2 N–H and O–H groups in total. The first kappa shape index (κ1) is 13.1. The Labute approximate surface area is 112 Å². The second-order valence-corrected chi connectivity index (χ2v) is 4.77. The van der Waals surface area contributed by atoms with Crippen molar-refractivity contribution in [2.75, 3.05) is 19.6 Å². The van der Waals surface area contributed by atoms with Crippen molar-refractivity contribution in [2.24, 2.45) is 0 Å². The highest BCUT2D eigenvalue weighted by Gasteiger charge is 2.08. The molecular weight excluding hydrogens is 248 g/mol. The third-order valence-corrected chi connectivity index (χ3v) is 3.35. The van der Waals surface area contributed by atoms with Gasteiger partial charge in [0.05, 0.1) is 6.42 Å². The molecule has 2 rings (SSSR count). The average molecular weight is 265 g/mol. The predicted octanol–water partition coefficient (Wildman–Crippen LogP) is 1.92. The van der Waals surface area contributed by atoms with E-state index in [4.69, 9.17) is 11.6 Å². The van der Waals surface area contributed by atoms with Crippen LogP contribution >= 0.6 is 11.6 Å².